The van der Waals surface area contributed by atoms with E-state index in [1.165, 1.54) is 4.90 Å². The van der Waals surface area contributed by atoms with Gasteiger partial charge in [0.1, 0.15) is 0 Å². The summed E-state index contributed by atoms with van der Waals surface area (Å²) in [4.78, 5) is 30.0. The van der Waals surface area contributed by atoms with Gasteiger partial charge in [0.15, 0.2) is 11.5 Å². The van der Waals surface area contributed by atoms with Gasteiger partial charge in [0.2, 0.25) is 5.60 Å². The summed E-state index contributed by atoms with van der Waals surface area (Å²) < 4.78 is 1.70. The average molecular weight is 405 g/mol. The molecule has 2 amide bonds. The Balaban J connectivity index is 1.54. The van der Waals surface area contributed by atoms with Crippen LogP contribution < -0.4 is 5.73 Å². The summed E-state index contributed by atoms with van der Waals surface area (Å²) in [6.45, 7) is 2.72. The normalized spacial score (nSPS) is 29.1. The smallest absolute Gasteiger partial charge is 0.269 e. The van der Waals surface area contributed by atoms with Gasteiger partial charge in [-0.1, -0.05) is 18.8 Å². The molecular weight excluding hydrogens is 382 g/mol. The zero-order valence-corrected chi connectivity index (χ0v) is 17.0. The van der Waals surface area contributed by atoms with Crippen molar-refractivity contribution in [2.75, 3.05) is 13.6 Å². The van der Waals surface area contributed by atoms with Crippen LogP contribution in [-0.4, -0.2) is 55.8 Å². The molecule has 0 spiro atoms. The van der Waals surface area contributed by atoms with Crippen molar-refractivity contribution in [3.63, 3.8) is 0 Å². The van der Waals surface area contributed by atoms with E-state index in [2.05, 4.69) is 28.8 Å². The highest BCUT2D eigenvalue weighted by Gasteiger charge is 2.50. The minimum Gasteiger partial charge on any atom is -0.369 e. The molecule has 1 atom stereocenters. The van der Waals surface area contributed by atoms with Crippen LogP contribution in [0.2, 0.25) is 0 Å². The Bertz CT molecular complexity index is 1150. The number of hydrogen-bond acceptors (Lipinski definition) is 5. The molecule has 1 saturated heterocycles. The van der Waals surface area contributed by atoms with Crippen molar-refractivity contribution in [2.24, 2.45) is 11.1 Å². The molecule has 8 nitrogen and oxygen atoms in total. The lowest BCUT2D eigenvalue weighted by Gasteiger charge is -2.50. The molecule has 1 saturated carbocycles. The number of likely N-dealkylation sites (tertiary alicyclic amines) is 1. The molecule has 4 aliphatic rings. The maximum absolute atomic E-state index is 12.1. The molecule has 30 heavy (non-hydrogen) atoms. The number of likely N-dealkylation sites (N-methyl/N-ethyl adjacent to an activating group) is 1. The summed E-state index contributed by atoms with van der Waals surface area (Å²) >= 11 is 0. The maximum Gasteiger partial charge on any atom is 0.269 e. The molecule has 2 aromatic rings. The van der Waals surface area contributed by atoms with Gasteiger partial charge in [-0.3, -0.25) is 9.59 Å². The number of aromatic nitrogens is 3. The summed E-state index contributed by atoms with van der Waals surface area (Å²) in [5.74, 6) is 5.57. The van der Waals surface area contributed by atoms with Gasteiger partial charge < -0.3 is 15.7 Å². The molecule has 1 aliphatic heterocycles. The van der Waals surface area contributed by atoms with E-state index in [1.54, 1.807) is 30.1 Å². The van der Waals surface area contributed by atoms with E-state index in [0.717, 1.165) is 30.5 Å². The SMILES string of the molecule is CN1CC[C@@](O)(C#Cc2ccnc(-n3nc(C(N)=O)c4c3C[C@]3(C)C[C@H]4C3)c2)C1=O. The second kappa shape index (κ2) is 6.16. The van der Waals surface area contributed by atoms with Crippen molar-refractivity contribution < 1.29 is 14.7 Å². The van der Waals surface area contributed by atoms with Gasteiger partial charge in [-0.15, -0.1) is 0 Å². The molecule has 3 aliphatic carbocycles. The lowest BCUT2D eigenvalue weighted by Crippen LogP contribution is -2.41. The van der Waals surface area contributed by atoms with Crippen LogP contribution in [0.1, 0.15) is 59.4 Å². The molecule has 3 heterocycles. The second-order valence-corrected chi connectivity index (χ2v) is 9.07. The van der Waals surface area contributed by atoms with Gasteiger partial charge in [-0.25, -0.2) is 9.67 Å². The summed E-state index contributed by atoms with van der Waals surface area (Å²) in [6, 6.07) is 3.47. The molecule has 6 rings (SSSR count). The zero-order chi connectivity index (χ0) is 21.3. The van der Waals surface area contributed by atoms with Gasteiger partial charge in [0.25, 0.3) is 11.8 Å². The Morgan fingerprint density at radius 3 is 2.83 bits per heavy atom. The molecule has 2 aromatic heterocycles. The summed E-state index contributed by atoms with van der Waals surface area (Å²) in [7, 11) is 1.65. The number of primary amides is 1. The van der Waals surface area contributed by atoms with Crippen molar-refractivity contribution in [2.45, 2.75) is 44.1 Å². The average Bonchev–Trinajstić information content (AvgIpc) is 3.20. The first-order chi connectivity index (χ1) is 14.2. The van der Waals surface area contributed by atoms with Crippen LogP contribution in [0.5, 0.6) is 0 Å². The van der Waals surface area contributed by atoms with E-state index >= 15 is 0 Å². The first-order valence-electron chi connectivity index (χ1n) is 10.1. The van der Waals surface area contributed by atoms with Gasteiger partial charge in [0.05, 0.1) is 5.69 Å². The lowest BCUT2D eigenvalue weighted by atomic mass is 9.54. The number of amides is 2. The van der Waals surface area contributed by atoms with Gasteiger partial charge >= 0.3 is 0 Å². The summed E-state index contributed by atoms with van der Waals surface area (Å²) in [5.41, 5.74) is 7.04. The summed E-state index contributed by atoms with van der Waals surface area (Å²) in [6.07, 6.45) is 4.80. The fraction of sp³-hybridized carbons (Fsp3) is 0.455. The van der Waals surface area contributed by atoms with Gasteiger partial charge in [0, 0.05) is 37.3 Å². The lowest BCUT2D eigenvalue weighted by molar-refractivity contribution is -0.137. The highest BCUT2D eigenvalue weighted by atomic mass is 16.3. The van der Waals surface area contributed by atoms with E-state index < -0.39 is 11.5 Å². The quantitative estimate of drug-likeness (QED) is 0.716. The third-order valence-electron chi connectivity index (χ3n) is 6.62. The zero-order valence-electron chi connectivity index (χ0n) is 17.0. The van der Waals surface area contributed by atoms with Crippen molar-refractivity contribution >= 4 is 11.8 Å². The maximum atomic E-state index is 12.1. The Morgan fingerprint density at radius 2 is 2.17 bits per heavy atom. The standard InChI is InChI=1S/C22H23N5O3/c1-21-10-14(11-21)17-15(12-21)27(25-18(17)19(23)28)16-9-13(4-7-24-16)3-5-22(30)6-8-26(2)20(22)29/h4,7,9,14,30H,6,8,10-12H2,1-2H3,(H2,23,28)/t14-,21+,22-/m0/s1. The molecule has 3 N–H and O–H groups in total. The van der Waals surface area contributed by atoms with Crippen LogP contribution in [0.15, 0.2) is 18.3 Å². The topological polar surface area (TPSA) is 114 Å². The van der Waals surface area contributed by atoms with Gasteiger partial charge in [-0.2, -0.15) is 5.10 Å². The number of hydrogen-bond donors (Lipinski definition) is 2. The highest BCUT2D eigenvalue weighted by molar-refractivity contribution is 5.93. The number of pyridine rings is 1. The Morgan fingerprint density at radius 1 is 1.40 bits per heavy atom. The van der Waals surface area contributed by atoms with Crippen LogP contribution in [0.3, 0.4) is 0 Å². The Labute approximate surface area is 174 Å². The van der Waals surface area contributed by atoms with E-state index in [9.17, 15) is 14.7 Å². The van der Waals surface area contributed by atoms with Crippen molar-refractivity contribution in [1.82, 2.24) is 19.7 Å². The predicted octanol–water partition coefficient (Wildman–Crippen LogP) is 0.751. The minimum absolute atomic E-state index is 0.222. The third kappa shape index (κ3) is 2.73. The van der Waals surface area contributed by atoms with Crippen LogP contribution in [0.25, 0.3) is 5.82 Å². The van der Waals surface area contributed by atoms with E-state index in [0.29, 0.717) is 29.5 Å². The molecule has 0 unspecified atom stereocenters. The molecule has 2 fully saturated rings. The first-order valence-corrected chi connectivity index (χ1v) is 10.1. The van der Waals surface area contributed by atoms with E-state index in [4.69, 9.17) is 5.73 Å². The Kier molecular flexibility index (Phi) is 3.86. The number of nitrogens with two attached hydrogens (primary N) is 1. The second-order valence-electron chi connectivity index (χ2n) is 9.07. The number of carbonyl (C=O) groups excluding carboxylic acids is 2. The minimum atomic E-state index is -1.65. The Hall–Kier alpha value is -3.18. The monoisotopic (exact) mass is 405 g/mol. The van der Waals surface area contributed by atoms with Gasteiger partial charge in [-0.05, 0) is 42.7 Å². The number of aliphatic hydroxyl groups is 1. The van der Waals surface area contributed by atoms with E-state index in [-0.39, 0.29) is 17.7 Å². The number of carbonyl (C=O) groups is 2. The summed E-state index contributed by atoms with van der Waals surface area (Å²) in [5, 5.41) is 15.0. The first kappa shape index (κ1) is 18.8. The predicted molar refractivity (Wildman–Crippen MR) is 108 cm³/mol. The number of nitrogens with zero attached hydrogens (tertiary/aromatic N) is 4. The molecule has 0 aromatic carbocycles. The van der Waals surface area contributed by atoms with Crippen molar-refractivity contribution in [3.05, 3.63) is 40.8 Å². The molecular formula is C22H23N5O3. The molecule has 8 heteroatoms. The number of rotatable bonds is 2. The molecule has 154 valence electrons. The molecule has 2 bridgehead atoms. The van der Waals surface area contributed by atoms with Crippen LogP contribution in [0, 0.1) is 17.3 Å². The highest BCUT2D eigenvalue weighted by Crippen LogP contribution is 2.58. The van der Waals surface area contributed by atoms with Crippen molar-refractivity contribution in [1.29, 1.82) is 0 Å². The fourth-order valence-electron chi connectivity index (χ4n) is 5.08. The van der Waals surface area contributed by atoms with Crippen molar-refractivity contribution in [3.8, 4) is 17.7 Å². The van der Waals surface area contributed by atoms with Crippen LogP contribution in [0.4, 0.5) is 0 Å². The third-order valence-corrected chi connectivity index (χ3v) is 6.62. The van der Waals surface area contributed by atoms with Crippen LogP contribution in [-0.2, 0) is 11.2 Å². The van der Waals surface area contributed by atoms with Crippen LogP contribution >= 0.6 is 0 Å². The largest absolute Gasteiger partial charge is 0.369 e. The fourth-order valence-corrected chi connectivity index (χ4v) is 5.08. The molecule has 0 radical (unpaired) electrons. The van der Waals surface area contributed by atoms with E-state index in [1.807, 2.05) is 0 Å².